The third-order valence-corrected chi connectivity index (χ3v) is 3.45. The summed E-state index contributed by atoms with van der Waals surface area (Å²) in [5.74, 6) is 0.0522. The molecule has 0 aliphatic carbocycles. The van der Waals surface area contributed by atoms with E-state index >= 15 is 0 Å². The lowest BCUT2D eigenvalue weighted by Gasteiger charge is -2.26. The highest BCUT2D eigenvalue weighted by atomic mass is 32.2. The van der Waals surface area contributed by atoms with Gasteiger partial charge in [0.2, 0.25) is 0 Å². The van der Waals surface area contributed by atoms with Crippen molar-refractivity contribution in [1.29, 1.82) is 0 Å². The summed E-state index contributed by atoms with van der Waals surface area (Å²) in [6.45, 7) is 5.01. The van der Waals surface area contributed by atoms with E-state index in [0.29, 0.717) is 18.8 Å². The van der Waals surface area contributed by atoms with E-state index in [-0.39, 0.29) is 23.6 Å². The van der Waals surface area contributed by atoms with Crippen molar-refractivity contribution in [3.63, 3.8) is 0 Å². The van der Waals surface area contributed by atoms with Crippen LogP contribution in [0.2, 0.25) is 0 Å². The highest BCUT2D eigenvalue weighted by Gasteiger charge is 2.28. The number of thioether (sulfide) groups is 1. The Balaban J connectivity index is 2.51. The van der Waals surface area contributed by atoms with Crippen LogP contribution >= 0.6 is 11.8 Å². The highest BCUT2D eigenvalue weighted by Crippen LogP contribution is 2.30. The minimum Gasteiger partial charge on any atom is -0.399 e. The smallest absolute Gasteiger partial charge is 0.399 e. The predicted molar refractivity (Wildman–Crippen MR) is 74.9 cm³/mol. The number of nitrogens with zero attached hydrogens (tertiary/aromatic N) is 1. The maximum Gasteiger partial charge on any atom is 0.441 e. The van der Waals surface area contributed by atoms with Gasteiger partial charge in [-0.1, -0.05) is 12.1 Å². The quantitative estimate of drug-likeness (QED) is 0.810. The molecule has 0 aliphatic rings. The Morgan fingerprint density at radius 3 is 2.26 bits per heavy atom. The second kappa shape index (κ2) is 7.05. The van der Waals surface area contributed by atoms with Gasteiger partial charge in [-0.15, -0.1) is 0 Å². The van der Waals surface area contributed by atoms with Gasteiger partial charge in [0.1, 0.15) is 0 Å². The number of hydrogen-bond acceptors (Lipinski definition) is 3. The predicted octanol–water partition coefficient (Wildman–Crippen LogP) is 3.73. The van der Waals surface area contributed by atoms with Gasteiger partial charge >= 0.3 is 5.51 Å². The zero-order valence-electron chi connectivity index (χ0n) is 11.1. The van der Waals surface area contributed by atoms with Crippen molar-refractivity contribution in [3.05, 3.63) is 29.8 Å². The van der Waals surface area contributed by atoms with Crippen LogP contribution in [-0.4, -0.2) is 28.7 Å². The molecule has 0 saturated carbocycles. The Hall–Kier alpha value is -0.880. The van der Waals surface area contributed by atoms with E-state index in [2.05, 4.69) is 0 Å². The Kier molecular flexibility index (Phi) is 6.00. The molecule has 1 rings (SSSR count). The lowest BCUT2D eigenvalue weighted by molar-refractivity contribution is -0.0329. The number of nitrogens with two attached hydrogens (primary N) is 1. The highest BCUT2D eigenvalue weighted by molar-refractivity contribution is 8.00. The van der Waals surface area contributed by atoms with Crippen molar-refractivity contribution in [2.45, 2.75) is 31.9 Å². The summed E-state index contributed by atoms with van der Waals surface area (Å²) >= 11 is 0.0306. The topological polar surface area (TPSA) is 29.3 Å². The second-order valence-electron chi connectivity index (χ2n) is 4.60. The molecule has 0 aromatic heterocycles. The van der Waals surface area contributed by atoms with Gasteiger partial charge in [0.25, 0.3) is 0 Å². The van der Waals surface area contributed by atoms with Gasteiger partial charge in [-0.3, -0.25) is 4.90 Å². The molecule has 0 spiro atoms. The fourth-order valence-corrected chi connectivity index (χ4v) is 2.21. The minimum atomic E-state index is -4.15. The molecular formula is C13H19F3N2S. The van der Waals surface area contributed by atoms with Crippen LogP contribution in [0.25, 0.3) is 0 Å². The van der Waals surface area contributed by atoms with Crippen LogP contribution < -0.4 is 5.73 Å². The molecule has 108 valence electrons. The van der Waals surface area contributed by atoms with Crippen molar-refractivity contribution < 1.29 is 13.2 Å². The average molecular weight is 292 g/mol. The van der Waals surface area contributed by atoms with Crippen molar-refractivity contribution >= 4 is 17.4 Å². The standard InChI is InChI=1S/C13H19F3N2S/c1-10(2)18(7-8-19-13(14,15)16)9-11-3-5-12(17)6-4-11/h3-6,10H,7-9,17H2,1-2H3. The first-order valence-electron chi connectivity index (χ1n) is 6.07. The van der Waals surface area contributed by atoms with Crippen LogP contribution in [0.1, 0.15) is 19.4 Å². The minimum absolute atomic E-state index is 0.0306. The molecule has 0 unspecified atom stereocenters. The zero-order valence-corrected chi connectivity index (χ0v) is 11.9. The lowest BCUT2D eigenvalue weighted by atomic mass is 10.2. The summed E-state index contributed by atoms with van der Waals surface area (Å²) in [6.07, 6.45) is 0. The summed E-state index contributed by atoms with van der Waals surface area (Å²) < 4.78 is 36.3. The average Bonchev–Trinajstić information content (AvgIpc) is 2.28. The normalized spacial score (nSPS) is 12.4. The van der Waals surface area contributed by atoms with Crippen LogP contribution in [0.3, 0.4) is 0 Å². The SMILES string of the molecule is CC(C)N(CCSC(F)(F)F)Cc1ccc(N)cc1. The summed E-state index contributed by atoms with van der Waals surface area (Å²) in [7, 11) is 0. The molecular weight excluding hydrogens is 273 g/mol. The number of rotatable bonds is 6. The van der Waals surface area contributed by atoms with E-state index < -0.39 is 5.51 Å². The molecule has 0 amide bonds. The summed E-state index contributed by atoms with van der Waals surface area (Å²) in [6, 6.07) is 7.62. The van der Waals surface area contributed by atoms with Gasteiger partial charge < -0.3 is 5.73 Å². The molecule has 2 nitrogen and oxygen atoms in total. The van der Waals surface area contributed by atoms with Gasteiger partial charge in [0.15, 0.2) is 0 Å². The first kappa shape index (κ1) is 16.2. The zero-order chi connectivity index (χ0) is 14.5. The van der Waals surface area contributed by atoms with Crippen LogP contribution in [0.5, 0.6) is 0 Å². The molecule has 0 radical (unpaired) electrons. The van der Waals surface area contributed by atoms with Crippen LogP contribution in [0.15, 0.2) is 24.3 Å². The fourth-order valence-electron chi connectivity index (χ4n) is 1.66. The maximum absolute atomic E-state index is 12.1. The Labute approximate surface area is 116 Å². The van der Waals surface area contributed by atoms with E-state index in [9.17, 15) is 13.2 Å². The number of alkyl halides is 3. The van der Waals surface area contributed by atoms with Crippen LogP contribution in [0.4, 0.5) is 18.9 Å². The molecule has 0 bridgehead atoms. The first-order valence-corrected chi connectivity index (χ1v) is 7.05. The number of halogens is 3. The van der Waals surface area contributed by atoms with E-state index in [1.165, 1.54) is 0 Å². The lowest BCUT2D eigenvalue weighted by Crippen LogP contribution is -2.32. The van der Waals surface area contributed by atoms with Gasteiger partial charge in [-0.2, -0.15) is 13.2 Å². The molecule has 0 aliphatic heterocycles. The van der Waals surface area contributed by atoms with Crippen molar-refractivity contribution in [3.8, 4) is 0 Å². The molecule has 0 saturated heterocycles. The number of anilines is 1. The molecule has 0 atom stereocenters. The van der Waals surface area contributed by atoms with Crippen molar-refractivity contribution in [2.75, 3.05) is 18.0 Å². The molecule has 0 fully saturated rings. The Morgan fingerprint density at radius 2 is 1.79 bits per heavy atom. The van der Waals surface area contributed by atoms with E-state index in [0.717, 1.165) is 5.56 Å². The van der Waals surface area contributed by atoms with Gasteiger partial charge in [-0.05, 0) is 43.3 Å². The van der Waals surface area contributed by atoms with Gasteiger partial charge in [0.05, 0.1) is 0 Å². The van der Waals surface area contributed by atoms with Gasteiger partial charge in [-0.25, -0.2) is 0 Å². The molecule has 1 aromatic rings. The molecule has 19 heavy (non-hydrogen) atoms. The molecule has 6 heteroatoms. The van der Waals surface area contributed by atoms with Crippen LogP contribution in [-0.2, 0) is 6.54 Å². The van der Waals surface area contributed by atoms with Crippen LogP contribution in [0, 0.1) is 0 Å². The Morgan fingerprint density at radius 1 is 1.21 bits per heavy atom. The Bertz CT molecular complexity index is 376. The van der Waals surface area contributed by atoms with Crippen molar-refractivity contribution in [2.24, 2.45) is 0 Å². The summed E-state index contributed by atoms with van der Waals surface area (Å²) in [4.78, 5) is 2.02. The number of benzene rings is 1. The summed E-state index contributed by atoms with van der Waals surface area (Å²) in [5, 5.41) is 0. The van der Waals surface area contributed by atoms with E-state index in [1.54, 1.807) is 12.1 Å². The van der Waals surface area contributed by atoms with Gasteiger partial charge in [0, 0.05) is 30.6 Å². The number of hydrogen-bond donors (Lipinski definition) is 1. The molecule has 0 heterocycles. The first-order chi connectivity index (χ1) is 8.78. The second-order valence-corrected chi connectivity index (χ2v) is 5.76. The monoisotopic (exact) mass is 292 g/mol. The third-order valence-electron chi connectivity index (χ3n) is 2.74. The van der Waals surface area contributed by atoms with E-state index in [4.69, 9.17) is 5.73 Å². The third kappa shape index (κ3) is 6.73. The van der Waals surface area contributed by atoms with E-state index in [1.807, 2.05) is 30.9 Å². The van der Waals surface area contributed by atoms with Crippen molar-refractivity contribution in [1.82, 2.24) is 4.90 Å². The maximum atomic E-state index is 12.1. The summed E-state index contributed by atoms with van der Waals surface area (Å²) in [5.41, 5.74) is 3.20. The number of nitrogen functional groups attached to an aromatic ring is 1. The molecule has 1 aromatic carbocycles. The largest absolute Gasteiger partial charge is 0.441 e. The molecule has 2 N–H and O–H groups in total. The fraction of sp³-hybridized carbons (Fsp3) is 0.538.